The molecule has 0 aliphatic carbocycles. The molecule has 5 nitrogen and oxygen atoms in total. The number of ether oxygens (including phenoxy) is 1. The molecule has 1 rings (SSSR count). The van der Waals surface area contributed by atoms with E-state index < -0.39 is 5.60 Å². The molecule has 0 bridgehead atoms. The Morgan fingerprint density at radius 2 is 2.24 bits per heavy atom. The lowest BCUT2D eigenvalue weighted by atomic mass is 10.2. The molecule has 3 N–H and O–H groups in total. The number of thiocarbonyl (C=S) groups is 1. The Labute approximate surface area is 108 Å². The van der Waals surface area contributed by atoms with Gasteiger partial charge >= 0.3 is 5.97 Å². The van der Waals surface area contributed by atoms with Gasteiger partial charge in [-0.05, 0) is 39.4 Å². The first kappa shape index (κ1) is 14.2. The number of esters is 1. The van der Waals surface area contributed by atoms with E-state index in [1.54, 1.807) is 0 Å². The summed E-state index contributed by atoms with van der Waals surface area (Å²) >= 11 is 4.90. The molecule has 1 fully saturated rings. The molecule has 0 spiro atoms. The Kier molecular flexibility index (Phi) is 4.70. The highest BCUT2D eigenvalue weighted by Gasteiger charge is 2.24. The fourth-order valence-corrected chi connectivity index (χ4v) is 1.90. The number of nitrogens with zero attached hydrogens (tertiary/aromatic N) is 1. The molecule has 0 aromatic rings. The van der Waals surface area contributed by atoms with Crippen molar-refractivity contribution in [3.8, 4) is 0 Å². The zero-order chi connectivity index (χ0) is 13.1. The van der Waals surface area contributed by atoms with Crippen molar-refractivity contribution in [3.63, 3.8) is 0 Å². The van der Waals surface area contributed by atoms with Crippen molar-refractivity contribution in [1.82, 2.24) is 10.2 Å². The number of carbonyl (C=O) groups is 1. The quantitative estimate of drug-likeness (QED) is 0.559. The Morgan fingerprint density at radius 3 is 2.71 bits per heavy atom. The number of rotatable bonds is 3. The first-order valence-corrected chi connectivity index (χ1v) is 6.18. The number of nitrogens with two attached hydrogens (primary N) is 1. The van der Waals surface area contributed by atoms with Crippen molar-refractivity contribution in [1.29, 1.82) is 0 Å². The largest absolute Gasteiger partial charge is 0.459 e. The molecule has 0 radical (unpaired) electrons. The molecule has 1 aliphatic heterocycles. The minimum atomic E-state index is -0.431. The third-order valence-electron chi connectivity index (χ3n) is 2.46. The molecule has 1 unspecified atom stereocenters. The van der Waals surface area contributed by atoms with Crippen molar-refractivity contribution in [2.45, 2.75) is 38.8 Å². The van der Waals surface area contributed by atoms with E-state index in [1.807, 2.05) is 25.7 Å². The molecule has 0 aromatic heterocycles. The van der Waals surface area contributed by atoms with E-state index in [0.29, 0.717) is 5.11 Å². The van der Waals surface area contributed by atoms with E-state index in [1.165, 1.54) is 0 Å². The molecule has 1 saturated heterocycles. The molecular weight excluding hydrogens is 238 g/mol. The normalized spacial score (nSPS) is 20.4. The zero-order valence-corrected chi connectivity index (χ0v) is 11.5. The van der Waals surface area contributed by atoms with E-state index >= 15 is 0 Å². The van der Waals surface area contributed by atoms with Gasteiger partial charge in [0.1, 0.15) is 5.60 Å². The van der Waals surface area contributed by atoms with E-state index in [4.69, 9.17) is 22.7 Å². The smallest absolute Gasteiger partial charge is 0.320 e. The molecular formula is C11H21N3O2S. The lowest BCUT2D eigenvalue weighted by Crippen LogP contribution is -2.40. The summed E-state index contributed by atoms with van der Waals surface area (Å²) in [6.45, 7) is 7.41. The van der Waals surface area contributed by atoms with Crippen molar-refractivity contribution in [3.05, 3.63) is 0 Å². The second-order valence-electron chi connectivity index (χ2n) is 5.24. The third kappa shape index (κ3) is 5.32. The Balaban J connectivity index is 2.24. The van der Waals surface area contributed by atoms with Crippen LogP contribution < -0.4 is 11.1 Å². The van der Waals surface area contributed by atoms with Gasteiger partial charge in [-0.15, -0.1) is 0 Å². The van der Waals surface area contributed by atoms with Gasteiger partial charge in [-0.25, -0.2) is 0 Å². The van der Waals surface area contributed by atoms with Crippen LogP contribution in [0.3, 0.4) is 0 Å². The molecule has 1 aliphatic rings. The minimum Gasteiger partial charge on any atom is -0.459 e. The van der Waals surface area contributed by atoms with Gasteiger partial charge in [0, 0.05) is 19.1 Å². The van der Waals surface area contributed by atoms with Crippen LogP contribution in [-0.2, 0) is 9.53 Å². The topological polar surface area (TPSA) is 67.6 Å². The average Bonchev–Trinajstić information content (AvgIpc) is 2.60. The summed E-state index contributed by atoms with van der Waals surface area (Å²) in [6.07, 6.45) is 0.945. The van der Waals surface area contributed by atoms with Gasteiger partial charge in [0.05, 0.1) is 6.54 Å². The molecule has 0 amide bonds. The number of hydrogen-bond acceptors (Lipinski definition) is 4. The summed E-state index contributed by atoms with van der Waals surface area (Å²) in [7, 11) is 0. The van der Waals surface area contributed by atoms with Gasteiger partial charge in [0.15, 0.2) is 5.11 Å². The first-order chi connectivity index (χ1) is 7.78. The Hall–Kier alpha value is -0.880. The SMILES string of the molecule is CC(C)(C)OC(=O)CNC1CCN(C(N)=S)C1. The van der Waals surface area contributed by atoms with Gasteiger partial charge in [-0.3, -0.25) is 4.79 Å². The Morgan fingerprint density at radius 1 is 1.59 bits per heavy atom. The predicted octanol–water partition coefficient (Wildman–Crippen LogP) is 0.236. The summed E-state index contributed by atoms with van der Waals surface area (Å²) < 4.78 is 5.21. The van der Waals surface area contributed by atoms with E-state index in [0.717, 1.165) is 19.5 Å². The van der Waals surface area contributed by atoms with Crippen molar-refractivity contribution in [2.75, 3.05) is 19.6 Å². The monoisotopic (exact) mass is 259 g/mol. The molecule has 1 atom stereocenters. The van der Waals surface area contributed by atoms with Crippen LogP contribution in [0.25, 0.3) is 0 Å². The molecule has 1 heterocycles. The Bertz CT molecular complexity index is 302. The lowest BCUT2D eigenvalue weighted by molar-refractivity contribution is -0.153. The van der Waals surface area contributed by atoms with E-state index in [-0.39, 0.29) is 18.6 Å². The maximum absolute atomic E-state index is 11.5. The maximum Gasteiger partial charge on any atom is 0.320 e. The molecule has 17 heavy (non-hydrogen) atoms. The molecule has 98 valence electrons. The van der Waals surface area contributed by atoms with Crippen LogP contribution in [-0.4, -0.2) is 47.3 Å². The van der Waals surface area contributed by atoms with Gasteiger partial charge in [0.25, 0.3) is 0 Å². The average molecular weight is 259 g/mol. The fraction of sp³-hybridized carbons (Fsp3) is 0.818. The second kappa shape index (κ2) is 5.64. The van der Waals surface area contributed by atoms with Crippen LogP contribution in [0.2, 0.25) is 0 Å². The summed E-state index contributed by atoms with van der Waals surface area (Å²) in [4.78, 5) is 13.4. The summed E-state index contributed by atoms with van der Waals surface area (Å²) in [6, 6.07) is 0.254. The van der Waals surface area contributed by atoms with Crippen LogP contribution in [0.1, 0.15) is 27.2 Å². The number of likely N-dealkylation sites (tertiary alicyclic amines) is 1. The van der Waals surface area contributed by atoms with Crippen LogP contribution in [0.15, 0.2) is 0 Å². The highest BCUT2D eigenvalue weighted by molar-refractivity contribution is 7.80. The molecule has 0 saturated carbocycles. The van der Waals surface area contributed by atoms with Gasteiger partial charge in [-0.1, -0.05) is 0 Å². The van der Waals surface area contributed by atoms with Crippen LogP contribution in [0.5, 0.6) is 0 Å². The number of hydrogen-bond donors (Lipinski definition) is 2. The third-order valence-corrected chi connectivity index (χ3v) is 2.71. The van der Waals surface area contributed by atoms with Gasteiger partial charge in [0.2, 0.25) is 0 Å². The summed E-state index contributed by atoms with van der Waals surface area (Å²) in [5, 5.41) is 3.58. The highest BCUT2D eigenvalue weighted by atomic mass is 32.1. The van der Waals surface area contributed by atoms with Crippen LogP contribution >= 0.6 is 12.2 Å². The van der Waals surface area contributed by atoms with Gasteiger partial charge in [-0.2, -0.15) is 0 Å². The van der Waals surface area contributed by atoms with Crippen LogP contribution in [0, 0.1) is 0 Å². The van der Waals surface area contributed by atoms with Gasteiger partial charge < -0.3 is 20.7 Å². The first-order valence-electron chi connectivity index (χ1n) is 5.77. The van der Waals surface area contributed by atoms with Crippen molar-refractivity contribution >= 4 is 23.3 Å². The van der Waals surface area contributed by atoms with E-state index in [2.05, 4.69) is 5.32 Å². The van der Waals surface area contributed by atoms with E-state index in [9.17, 15) is 4.79 Å². The van der Waals surface area contributed by atoms with Crippen molar-refractivity contribution < 1.29 is 9.53 Å². The zero-order valence-electron chi connectivity index (χ0n) is 10.7. The molecule has 0 aromatic carbocycles. The predicted molar refractivity (Wildman–Crippen MR) is 70.6 cm³/mol. The van der Waals surface area contributed by atoms with Crippen molar-refractivity contribution in [2.24, 2.45) is 5.73 Å². The minimum absolute atomic E-state index is 0.229. The fourth-order valence-electron chi connectivity index (χ4n) is 1.73. The number of carbonyl (C=O) groups excluding carboxylic acids is 1. The number of nitrogens with one attached hydrogen (secondary N) is 1. The molecule has 6 heteroatoms. The summed E-state index contributed by atoms with van der Waals surface area (Å²) in [5.41, 5.74) is 5.11. The second-order valence-corrected chi connectivity index (χ2v) is 5.66. The van der Waals surface area contributed by atoms with Crippen LogP contribution in [0.4, 0.5) is 0 Å². The highest BCUT2D eigenvalue weighted by Crippen LogP contribution is 2.09. The maximum atomic E-state index is 11.5. The lowest BCUT2D eigenvalue weighted by Gasteiger charge is -2.21. The standard InChI is InChI=1S/C11H21N3O2S/c1-11(2,3)16-9(15)6-13-8-4-5-14(7-8)10(12)17/h8,13H,4-7H2,1-3H3,(H2,12,17). The summed E-state index contributed by atoms with van der Waals surface area (Å²) in [5.74, 6) is -0.230.